The van der Waals surface area contributed by atoms with Gasteiger partial charge in [-0.2, -0.15) is 0 Å². The second-order valence-electron chi connectivity index (χ2n) is 7.04. The zero-order valence-electron chi connectivity index (χ0n) is 15.1. The van der Waals surface area contributed by atoms with Crippen LogP contribution in [0.25, 0.3) is 11.4 Å². The molecule has 28 heavy (non-hydrogen) atoms. The van der Waals surface area contributed by atoms with Crippen molar-refractivity contribution >= 4 is 17.4 Å². The van der Waals surface area contributed by atoms with E-state index in [0.29, 0.717) is 17.3 Å². The predicted molar refractivity (Wildman–Crippen MR) is 105 cm³/mol. The monoisotopic (exact) mass is 399 g/mol. The third-order valence-electron chi connectivity index (χ3n) is 4.79. The van der Waals surface area contributed by atoms with Gasteiger partial charge in [0.2, 0.25) is 0 Å². The lowest BCUT2D eigenvalue weighted by molar-refractivity contribution is -0.119. The summed E-state index contributed by atoms with van der Waals surface area (Å²) < 4.78 is 16.2. The summed E-state index contributed by atoms with van der Waals surface area (Å²) in [5.41, 5.74) is 1.27. The number of aryl methyl sites for hydroxylation is 1. The van der Waals surface area contributed by atoms with Gasteiger partial charge in [-0.25, -0.2) is 13.9 Å². The van der Waals surface area contributed by atoms with Gasteiger partial charge in [-0.1, -0.05) is 23.7 Å². The molecule has 0 radical (unpaired) electrons. The first-order chi connectivity index (χ1) is 13.5. The lowest BCUT2D eigenvalue weighted by Gasteiger charge is -2.03. The third-order valence-corrected chi connectivity index (χ3v) is 5.04. The van der Waals surface area contributed by atoms with Crippen LogP contribution in [0.5, 0.6) is 0 Å². The molecule has 1 fully saturated rings. The van der Waals surface area contributed by atoms with E-state index >= 15 is 0 Å². The molecule has 1 saturated carbocycles. The number of halogens is 2. The molecule has 1 aliphatic carbocycles. The largest absolute Gasteiger partial charge is 0.346 e. The number of rotatable bonds is 7. The summed E-state index contributed by atoms with van der Waals surface area (Å²) in [5, 5.41) is 5.03. The molecule has 3 aromatic rings. The summed E-state index contributed by atoms with van der Waals surface area (Å²) in [4.78, 5) is 25.2. The molecule has 0 amide bonds. The van der Waals surface area contributed by atoms with Gasteiger partial charge in [0, 0.05) is 23.0 Å². The maximum absolute atomic E-state index is 13.3. The second kappa shape index (κ2) is 7.72. The predicted octanol–water partition coefficient (Wildman–Crippen LogP) is 4.04. The van der Waals surface area contributed by atoms with E-state index in [1.165, 1.54) is 16.8 Å². The highest BCUT2D eigenvalue weighted by Crippen LogP contribution is 2.36. The van der Waals surface area contributed by atoms with Crippen LogP contribution in [0.2, 0.25) is 5.02 Å². The molecule has 4 rings (SSSR count). The van der Waals surface area contributed by atoms with E-state index < -0.39 is 0 Å². The average Bonchev–Trinajstić information content (AvgIpc) is 3.46. The first kappa shape index (κ1) is 18.6. The molecule has 0 aliphatic heterocycles. The van der Waals surface area contributed by atoms with Gasteiger partial charge in [0.1, 0.15) is 12.4 Å². The van der Waals surface area contributed by atoms with Crippen molar-refractivity contribution in [3.8, 4) is 11.4 Å². The van der Waals surface area contributed by atoms with Gasteiger partial charge in [-0.05, 0) is 61.2 Å². The van der Waals surface area contributed by atoms with Gasteiger partial charge in [-0.3, -0.25) is 9.36 Å². The summed E-state index contributed by atoms with van der Waals surface area (Å²) in [7, 11) is 0. The van der Waals surface area contributed by atoms with Crippen LogP contribution in [0, 0.1) is 5.82 Å². The topological polar surface area (TPSA) is 56.9 Å². The molecule has 0 bridgehead atoms. The Balaban J connectivity index is 1.53. The Morgan fingerprint density at radius 1 is 1.18 bits per heavy atom. The van der Waals surface area contributed by atoms with Gasteiger partial charge >= 0.3 is 5.69 Å². The smallest absolute Gasteiger partial charge is 0.298 e. The van der Waals surface area contributed by atoms with E-state index in [9.17, 15) is 14.0 Å². The molecule has 1 aromatic heterocycles. The Kier molecular flexibility index (Phi) is 5.13. The van der Waals surface area contributed by atoms with E-state index in [1.807, 2.05) is 12.1 Å². The van der Waals surface area contributed by atoms with Crippen LogP contribution in [0.4, 0.5) is 4.39 Å². The van der Waals surface area contributed by atoms with Crippen LogP contribution in [-0.2, 0) is 17.8 Å². The molecule has 144 valence electrons. The Morgan fingerprint density at radius 3 is 2.61 bits per heavy atom. The standard InChI is InChI=1S/C21H19ClFN3O2/c22-16-7-5-15(6-8-16)20-24-25(21(28)26(20)18-9-10-18)13-19(27)11-4-14-2-1-3-17(23)12-14/h1-3,5-8,12,18H,4,9-11,13H2. The van der Waals surface area contributed by atoms with Crippen LogP contribution in [0.1, 0.15) is 30.9 Å². The number of hydrogen-bond donors (Lipinski definition) is 0. The summed E-state index contributed by atoms with van der Waals surface area (Å²) in [6.07, 6.45) is 2.51. The Bertz CT molecular complexity index is 1070. The van der Waals surface area contributed by atoms with Gasteiger partial charge in [0.15, 0.2) is 11.6 Å². The van der Waals surface area contributed by atoms with Crippen molar-refractivity contribution in [2.75, 3.05) is 0 Å². The number of carbonyl (C=O) groups is 1. The summed E-state index contributed by atoms with van der Waals surface area (Å²) >= 11 is 5.95. The fraction of sp³-hybridized carbons (Fsp3) is 0.286. The maximum atomic E-state index is 13.3. The molecule has 1 heterocycles. The quantitative estimate of drug-likeness (QED) is 0.602. The number of ketones is 1. The van der Waals surface area contributed by atoms with Crippen molar-refractivity contribution in [1.29, 1.82) is 0 Å². The highest BCUT2D eigenvalue weighted by atomic mass is 35.5. The molecule has 0 atom stereocenters. The summed E-state index contributed by atoms with van der Waals surface area (Å²) in [5.74, 6) is 0.119. The minimum atomic E-state index is -0.322. The molecule has 7 heteroatoms. The average molecular weight is 400 g/mol. The molecule has 0 N–H and O–H groups in total. The number of aromatic nitrogens is 3. The van der Waals surface area contributed by atoms with Crippen molar-refractivity contribution < 1.29 is 9.18 Å². The van der Waals surface area contributed by atoms with Crippen LogP contribution in [0.3, 0.4) is 0 Å². The first-order valence-electron chi connectivity index (χ1n) is 9.22. The molecule has 2 aromatic carbocycles. The maximum Gasteiger partial charge on any atom is 0.346 e. The van der Waals surface area contributed by atoms with Gasteiger partial charge in [-0.15, -0.1) is 5.10 Å². The molecule has 0 saturated heterocycles. The molecule has 0 spiro atoms. The highest BCUT2D eigenvalue weighted by Gasteiger charge is 2.30. The van der Waals surface area contributed by atoms with Crippen LogP contribution in [-0.4, -0.2) is 20.1 Å². The molecule has 5 nitrogen and oxygen atoms in total. The number of hydrogen-bond acceptors (Lipinski definition) is 3. The number of carbonyl (C=O) groups excluding carboxylic acids is 1. The van der Waals surface area contributed by atoms with Crippen molar-refractivity contribution in [3.05, 3.63) is 75.4 Å². The van der Waals surface area contributed by atoms with Crippen molar-refractivity contribution in [3.63, 3.8) is 0 Å². The van der Waals surface area contributed by atoms with Crippen molar-refractivity contribution in [2.24, 2.45) is 0 Å². The van der Waals surface area contributed by atoms with Crippen LogP contribution >= 0.6 is 11.6 Å². The van der Waals surface area contributed by atoms with Gasteiger partial charge in [0.25, 0.3) is 0 Å². The molecule has 1 aliphatic rings. The fourth-order valence-corrected chi connectivity index (χ4v) is 3.33. The zero-order chi connectivity index (χ0) is 19.7. The van der Waals surface area contributed by atoms with E-state index in [1.54, 1.807) is 28.8 Å². The van der Waals surface area contributed by atoms with Crippen LogP contribution < -0.4 is 5.69 Å². The minimum Gasteiger partial charge on any atom is -0.298 e. The SMILES string of the molecule is O=C(CCc1cccc(F)c1)Cn1nc(-c2ccc(Cl)cc2)n(C2CC2)c1=O. The summed E-state index contributed by atoms with van der Waals surface area (Å²) in [6.45, 7) is -0.0888. The summed E-state index contributed by atoms with van der Waals surface area (Å²) in [6, 6.07) is 13.5. The first-order valence-corrected chi connectivity index (χ1v) is 9.60. The molecular formula is C21H19ClFN3O2. The molecular weight excluding hydrogens is 381 g/mol. The van der Waals surface area contributed by atoms with E-state index in [0.717, 1.165) is 24.0 Å². The zero-order valence-corrected chi connectivity index (χ0v) is 15.9. The van der Waals surface area contributed by atoms with Gasteiger partial charge < -0.3 is 0 Å². The number of benzene rings is 2. The Morgan fingerprint density at radius 2 is 1.93 bits per heavy atom. The molecule has 0 unspecified atom stereocenters. The number of nitrogens with zero attached hydrogens (tertiary/aromatic N) is 3. The number of Topliss-reactive ketones (excluding diaryl/α,β-unsaturated/α-hetero) is 1. The second-order valence-corrected chi connectivity index (χ2v) is 7.48. The van der Waals surface area contributed by atoms with E-state index in [-0.39, 0.29) is 36.3 Å². The van der Waals surface area contributed by atoms with E-state index in [4.69, 9.17) is 11.6 Å². The highest BCUT2D eigenvalue weighted by molar-refractivity contribution is 6.30. The third kappa shape index (κ3) is 4.07. The van der Waals surface area contributed by atoms with E-state index in [2.05, 4.69) is 5.10 Å². The Labute approximate surface area is 166 Å². The van der Waals surface area contributed by atoms with Gasteiger partial charge in [0.05, 0.1) is 0 Å². The Hall–Kier alpha value is -2.73. The lowest BCUT2D eigenvalue weighted by atomic mass is 10.1. The normalized spacial score (nSPS) is 13.6. The minimum absolute atomic E-state index is 0.0888. The van der Waals surface area contributed by atoms with Crippen molar-refractivity contribution in [2.45, 2.75) is 38.3 Å². The van der Waals surface area contributed by atoms with Crippen LogP contribution in [0.15, 0.2) is 53.3 Å². The lowest BCUT2D eigenvalue weighted by Crippen LogP contribution is -2.27. The fourth-order valence-electron chi connectivity index (χ4n) is 3.20. The van der Waals surface area contributed by atoms with Crippen molar-refractivity contribution in [1.82, 2.24) is 14.3 Å².